The van der Waals surface area contributed by atoms with Gasteiger partial charge in [-0.1, -0.05) is 29.8 Å². The van der Waals surface area contributed by atoms with Crippen LogP contribution in [0, 0.1) is 18.6 Å². The molecule has 0 aliphatic carbocycles. The maximum atomic E-state index is 12.5. The molecule has 2 aromatic heterocycles. The molecule has 3 aromatic rings. The van der Waals surface area contributed by atoms with Crippen molar-refractivity contribution in [2.24, 2.45) is 0 Å². The number of amides is 1. The van der Waals surface area contributed by atoms with Gasteiger partial charge in [0.2, 0.25) is 5.91 Å². The zero-order valence-corrected chi connectivity index (χ0v) is 16.7. The highest BCUT2D eigenvalue weighted by Gasteiger charge is 2.14. The lowest BCUT2D eigenvalue weighted by Crippen LogP contribution is -2.27. The molecule has 8 heteroatoms. The topological polar surface area (TPSA) is 66.8 Å². The summed E-state index contributed by atoms with van der Waals surface area (Å²) in [6, 6.07) is 8.09. The quantitative estimate of drug-likeness (QED) is 0.655. The van der Waals surface area contributed by atoms with Crippen molar-refractivity contribution in [3.05, 3.63) is 50.7 Å². The van der Waals surface area contributed by atoms with E-state index in [1.807, 2.05) is 48.1 Å². The number of carbonyl (C=O) groups excluding carboxylic acids is 1. The van der Waals surface area contributed by atoms with Gasteiger partial charge in [0, 0.05) is 31.0 Å². The summed E-state index contributed by atoms with van der Waals surface area (Å²) in [4.78, 5) is 18.6. The van der Waals surface area contributed by atoms with Crippen molar-refractivity contribution in [2.75, 3.05) is 7.05 Å². The summed E-state index contributed by atoms with van der Waals surface area (Å²) in [5.41, 5.74) is 3.08. The summed E-state index contributed by atoms with van der Waals surface area (Å²) in [5, 5.41) is 10.1. The van der Waals surface area contributed by atoms with E-state index in [1.54, 1.807) is 23.3 Å². The first kappa shape index (κ1) is 18.5. The molecule has 0 atom stereocenters. The lowest BCUT2D eigenvalue weighted by atomic mass is 10.1. The Labute approximate surface area is 161 Å². The number of nitrogens with zero attached hydrogens (tertiary/aromatic N) is 4. The third-order valence-corrected chi connectivity index (χ3v) is 5.24. The van der Waals surface area contributed by atoms with Crippen LogP contribution in [0.25, 0.3) is 11.4 Å². The minimum Gasteiger partial charge on any atom is -0.340 e. The van der Waals surface area contributed by atoms with E-state index >= 15 is 0 Å². The van der Waals surface area contributed by atoms with Crippen LogP contribution < -0.4 is 0 Å². The zero-order valence-electron chi connectivity index (χ0n) is 15.0. The number of aromatic nitrogens is 4. The molecule has 26 heavy (non-hydrogen) atoms. The van der Waals surface area contributed by atoms with Crippen molar-refractivity contribution in [1.82, 2.24) is 24.6 Å². The van der Waals surface area contributed by atoms with E-state index in [1.165, 1.54) is 5.56 Å². The Kier molecular flexibility index (Phi) is 5.63. The Morgan fingerprint density at radius 2 is 2.04 bits per heavy atom. The van der Waals surface area contributed by atoms with Crippen molar-refractivity contribution in [2.45, 2.75) is 33.4 Å². The lowest BCUT2D eigenvalue weighted by molar-refractivity contribution is -0.130. The van der Waals surface area contributed by atoms with Gasteiger partial charge < -0.3 is 4.90 Å². The van der Waals surface area contributed by atoms with Crippen LogP contribution in [-0.4, -0.2) is 37.6 Å². The maximum absolute atomic E-state index is 12.5. The maximum Gasteiger partial charge on any atom is 0.224 e. The van der Waals surface area contributed by atoms with Gasteiger partial charge in [-0.3, -0.25) is 14.5 Å². The van der Waals surface area contributed by atoms with Crippen LogP contribution in [0.3, 0.4) is 0 Å². The van der Waals surface area contributed by atoms with Crippen LogP contribution in [-0.2, 0) is 17.9 Å². The van der Waals surface area contributed by atoms with Gasteiger partial charge in [0.1, 0.15) is 0 Å². The average molecular weight is 388 g/mol. The molecule has 6 nitrogen and oxygen atoms in total. The molecule has 0 bridgehead atoms. The Morgan fingerprint density at radius 1 is 1.31 bits per heavy atom. The minimum atomic E-state index is 0.0496. The second kappa shape index (κ2) is 7.92. The Hall–Kier alpha value is -2.32. The fraction of sp³-hybridized carbons (Fsp3) is 0.333. The molecule has 1 N–H and O–H groups in total. The van der Waals surface area contributed by atoms with Crippen LogP contribution >= 0.6 is 23.6 Å². The van der Waals surface area contributed by atoms with Gasteiger partial charge >= 0.3 is 0 Å². The Bertz CT molecular complexity index is 955. The van der Waals surface area contributed by atoms with Gasteiger partial charge in [0.25, 0.3) is 0 Å². The van der Waals surface area contributed by atoms with E-state index in [-0.39, 0.29) is 5.91 Å². The molecule has 0 aliphatic heterocycles. The highest BCUT2D eigenvalue weighted by molar-refractivity contribution is 7.71. The van der Waals surface area contributed by atoms with Gasteiger partial charge in [-0.2, -0.15) is 5.10 Å². The second-order valence-corrected chi connectivity index (χ2v) is 7.68. The first-order valence-corrected chi connectivity index (χ1v) is 9.60. The third kappa shape index (κ3) is 4.25. The van der Waals surface area contributed by atoms with E-state index in [9.17, 15) is 4.79 Å². The molecule has 0 aliphatic rings. The van der Waals surface area contributed by atoms with Crippen molar-refractivity contribution in [3.8, 4) is 11.4 Å². The number of rotatable bonds is 6. The number of carbonyl (C=O) groups is 1. The molecule has 0 spiro atoms. The number of benzene rings is 1. The normalized spacial score (nSPS) is 10.9. The molecule has 0 radical (unpaired) electrons. The van der Waals surface area contributed by atoms with Crippen LogP contribution in [0.4, 0.5) is 0 Å². The SMILES string of the molecule is Cc1ccc(-c2n[nH]c(=S)n2CCC(=O)N(C)Cc2csc(C)n2)cc1. The number of nitrogens with one attached hydrogen (secondary N) is 1. The zero-order chi connectivity index (χ0) is 18.7. The predicted molar refractivity (Wildman–Crippen MR) is 106 cm³/mol. The standard InChI is InChI=1S/C18H21N5OS2/c1-12-4-6-14(7-5-12)17-20-21-18(25)23(17)9-8-16(24)22(3)10-15-11-26-13(2)19-15/h4-7,11H,8-10H2,1-3H3,(H,21,25). The fourth-order valence-corrected chi connectivity index (χ4v) is 3.49. The predicted octanol–water partition coefficient (Wildman–Crippen LogP) is 3.73. The van der Waals surface area contributed by atoms with Gasteiger partial charge in [-0.25, -0.2) is 4.98 Å². The van der Waals surface area contributed by atoms with Gasteiger partial charge in [0.05, 0.1) is 17.2 Å². The van der Waals surface area contributed by atoms with Crippen LogP contribution in [0.2, 0.25) is 0 Å². The number of thiazole rings is 1. The molecule has 0 saturated carbocycles. The van der Waals surface area contributed by atoms with Gasteiger partial charge in [-0.15, -0.1) is 11.3 Å². The van der Waals surface area contributed by atoms with E-state index in [2.05, 4.69) is 15.2 Å². The van der Waals surface area contributed by atoms with Crippen LogP contribution in [0.15, 0.2) is 29.6 Å². The van der Waals surface area contributed by atoms with Crippen LogP contribution in [0.1, 0.15) is 22.7 Å². The molecule has 136 valence electrons. The van der Waals surface area contributed by atoms with E-state index in [0.717, 1.165) is 22.1 Å². The fourth-order valence-electron chi connectivity index (χ4n) is 2.66. The second-order valence-electron chi connectivity index (χ2n) is 6.23. The molecule has 0 saturated heterocycles. The smallest absolute Gasteiger partial charge is 0.224 e. The Balaban J connectivity index is 1.67. The number of hydrogen-bond acceptors (Lipinski definition) is 5. The molecule has 1 aromatic carbocycles. The van der Waals surface area contributed by atoms with Crippen molar-refractivity contribution in [1.29, 1.82) is 0 Å². The first-order valence-electron chi connectivity index (χ1n) is 8.31. The van der Waals surface area contributed by atoms with Crippen LogP contribution in [0.5, 0.6) is 0 Å². The molecular formula is C18H21N5OS2. The first-order chi connectivity index (χ1) is 12.4. The van der Waals surface area contributed by atoms with Crippen molar-refractivity contribution < 1.29 is 4.79 Å². The number of aromatic amines is 1. The number of aryl methyl sites for hydroxylation is 2. The highest BCUT2D eigenvalue weighted by Crippen LogP contribution is 2.18. The largest absolute Gasteiger partial charge is 0.340 e. The van der Waals surface area contributed by atoms with E-state index < -0.39 is 0 Å². The van der Waals surface area contributed by atoms with E-state index in [0.29, 0.717) is 24.3 Å². The van der Waals surface area contributed by atoms with Gasteiger partial charge in [0.15, 0.2) is 10.6 Å². The van der Waals surface area contributed by atoms with Gasteiger partial charge in [-0.05, 0) is 26.1 Å². The molecule has 0 unspecified atom stereocenters. The number of hydrogen-bond donors (Lipinski definition) is 1. The average Bonchev–Trinajstić information content (AvgIpc) is 3.19. The third-order valence-electron chi connectivity index (χ3n) is 4.11. The monoisotopic (exact) mass is 387 g/mol. The summed E-state index contributed by atoms with van der Waals surface area (Å²) < 4.78 is 2.39. The molecule has 3 rings (SSSR count). The Morgan fingerprint density at radius 3 is 2.69 bits per heavy atom. The summed E-state index contributed by atoms with van der Waals surface area (Å²) in [6.45, 7) is 5.01. The summed E-state index contributed by atoms with van der Waals surface area (Å²) in [5.74, 6) is 0.800. The van der Waals surface area contributed by atoms with Crippen molar-refractivity contribution in [3.63, 3.8) is 0 Å². The minimum absolute atomic E-state index is 0.0496. The summed E-state index contributed by atoms with van der Waals surface area (Å²) >= 11 is 6.93. The van der Waals surface area contributed by atoms with E-state index in [4.69, 9.17) is 12.2 Å². The summed E-state index contributed by atoms with van der Waals surface area (Å²) in [7, 11) is 1.80. The van der Waals surface area contributed by atoms with Crippen molar-refractivity contribution >= 4 is 29.5 Å². The number of H-pyrrole nitrogens is 1. The molecule has 0 fully saturated rings. The summed E-state index contributed by atoms with van der Waals surface area (Å²) in [6.07, 6.45) is 0.353. The molecule has 1 amide bonds. The highest BCUT2D eigenvalue weighted by atomic mass is 32.1. The molecular weight excluding hydrogens is 366 g/mol. The lowest BCUT2D eigenvalue weighted by Gasteiger charge is -2.16. The molecule has 2 heterocycles.